The van der Waals surface area contributed by atoms with Gasteiger partial charge in [-0.2, -0.15) is 0 Å². The van der Waals surface area contributed by atoms with Crippen molar-refractivity contribution < 1.29 is 4.74 Å². The number of aliphatic imine (C=N–C) groups is 1. The topological polar surface area (TPSA) is 45.7 Å². The van der Waals surface area contributed by atoms with Crippen molar-refractivity contribution in [3.63, 3.8) is 0 Å². The lowest BCUT2D eigenvalue weighted by molar-refractivity contribution is 0.113. The summed E-state index contributed by atoms with van der Waals surface area (Å²) in [6.07, 6.45) is 3.68. The van der Waals surface area contributed by atoms with Crippen molar-refractivity contribution in [2.24, 2.45) is 4.99 Å². The van der Waals surface area contributed by atoms with Crippen molar-refractivity contribution in [1.29, 1.82) is 0 Å². The number of aryl methyl sites for hydroxylation is 1. The Balaban J connectivity index is 1.74. The molecule has 20 heavy (non-hydrogen) atoms. The van der Waals surface area contributed by atoms with Crippen LogP contribution >= 0.6 is 11.3 Å². The Morgan fingerprint density at radius 1 is 1.55 bits per heavy atom. The summed E-state index contributed by atoms with van der Waals surface area (Å²) in [4.78, 5) is 7.06. The fourth-order valence-electron chi connectivity index (χ4n) is 2.39. The second-order valence-electron chi connectivity index (χ2n) is 5.35. The molecule has 0 bridgehead atoms. The van der Waals surface area contributed by atoms with Gasteiger partial charge in [0.2, 0.25) is 0 Å². The first-order valence-corrected chi connectivity index (χ1v) is 8.13. The van der Waals surface area contributed by atoms with Gasteiger partial charge in [0, 0.05) is 42.4 Å². The van der Waals surface area contributed by atoms with E-state index >= 15 is 0 Å². The quantitative estimate of drug-likeness (QED) is 0.647. The van der Waals surface area contributed by atoms with Gasteiger partial charge in [-0.05, 0) is 38.8 Å². The van der Waals surface area contributed by atoms with E-state index in [-0.39, 0.29) is 0 Å². The van der Waals surface area contributed by atoms with Crippen LogP contribution in [0.2, 0.25) is 0 Å². The molecule has 0 saturated carbocycles. The summed E-state index contributed by atoms with van der Waals surface area (Å²) < 4.78 is 5.61. The van der Waals surface area contributed by atoms with Crippen molar-refractivity contribution >= 4 is 17.3 Å². The summed E-state index contributed by atoms with van der Waals surface area (Å²) in [5.41, 5.74) is 0. The van der Waals surface area contributed by atoms with Gasteiger partial charge < -0.3 is 15.4 Å². The normalized spacial score (nSPS) is 20.9. The Hall–Kier alpha value is -1.07. The molecule has 1 aromatic heterocycles. The van der Waals surface area contributed by atoms with E-state index in [0.717, 1.165) is 32.0 Å². The van der Waals surface area contributed by atoms with E-state index in [0.29, 0.717) is 12.1 Å². The highest BCUT2D eigenvalue weighted by molar-refractivity contribution is 7.11. The number of rotatable bonds is 5. The van der Waals surface area contributed by atoms with Crippen LogP contribution < -0.4 is 10.6 Å². The lowest BCUT2D eigenvalue weighted by Gasteiger charge is -2.19. The maximum Gasteiger partial charge on any atom is 0.191 e. The van der Waals surface area contributed by atoms with Crippen molar-refractivity contribution in [3.05, 3.63) is 21.9 Å². The molecule has 0 radical (unpaired) electrons. The number of hydrogen-bond acceptors (Lipinski definition) is 3. The number of nitrogens with zero attached hydrogens (tertiary/aromatic N) is 1. The molecule has 1 aromatic rings. The minimum Gasteiger partial charge on any atom is -0.376 e. The number of nitrogens with one attached hydrogen (secondary N) is 2. The van der Waals surface area contributed by atoms with Gasteiger partial charge in [-0.3, -0.25) is 4.99 Å². The van der Waals surface area contributed by atoms with Crippen molar-refractivity contribution in [1.82, 2.24) is 10.6 Å². The monoisotopic (exact) mass is 295 g/mol. The van der Waals surface area contributed by atoms with Gasteiger partial charge >= 0.3 is 0 Å². The van der Waals surface area contributed by atoms with Gasteiger partial charge in [0.1, 0.15) is 0 Å². The van der Waals surface area contributed by atoms with E-state index in [4.69, 9.17) is 4.74 Å². The van der Waals surface area contributed by atoms with Crippen LogP contribution in [-0.4, -0.2) is 38.3 Å². The van der Waals surface area contributed by atoms with Crippen molar-refractivity contribution in [2.45, 2.75) is 45.3 Å². The minimum absolute atomic E-state index is 0.337. The molecule has 1 aliphatic heterocycles. The van der Waals surface area contributed by atoms with Gasteiger partial charge in [0.05, 0.1) is 6.10 Å². The van der Waals surface area contributed by atoms with E-state index < -0.39 is 0 Å². The molecule has 5 heteroatoms. The van der Waals surface area contributed by atoms with E-state index in [9.17, 15) is 0 Å². The van der Waals surface area contributed by atoms with Crippen molar-refractivity contribution in [2.75, 3.05) is 20.2 Å². The van der Waals surface area contributed by atoms with E-state index in [1.807, 2.05) is 18.4 Å². The number of guanidine groups is 1. The minimum atomic E-state index is 0.337. The molecule has 1 saturated heterocycles. The highest BCUT2D eigenvalue weighted by Gasteiger charge is 2.16. The largest absolute Gasteiger partial charge is 0.376 e. The number of hydrogen-bond donors (Lipinski definition) is 2. The first-order chi connectivity index (χ1) is 9.67. The zero-order chi connectivity index (χ0) is 14.4. The molecule has 4 nitrogen and oxygen atoms in total. The third kappa shape index (κ3) is 4.80. The Labute approximate surface area is 125 Å². The molecule has 0 aliphatic carbocycles. The second-order valence-corrected chi connectivity index (χ2v) is 6.72. The summed E-state index contributed by atoms with van der Waals surface area (Å²) in [7, 11) is 1.81. The first kappa shape index (κ1) is 15.3. The molecule has 2 rings (SSSR count). The number of thiophene rings is 1. The summed E-state index contributed by atoms with van der Waals surface area (Å²) in [5, 5.41) is 6.79. The van der Waals surface area contributed by atoms with Crippen LogP contribution in [0.3, 0.4) is 0 Å². The molecule has 0 amide bonds. The Morgan fingerprint density at radius 3 is 3.00 bits per heavy atom. The third-order valence-corrected chi connectivity index (χ3v) is 4.45. The van der Waals surface area contributed by atoms with Crippen LogP contribution in [-0.2, 0) is 11.2 Å². The van der Waals surface area contributed by atoms with Crippen LogP contribution in [0.5, 0.6) is 0 Å². The summed E-state index contributed by atoms with van der Waals surface area (Å²) in [6.45, 7) is 6.07. The van der Waals surface area contributed by atoms with Crippen LogP contribution in [0, 0.1) is 6.92 Å². The molecule has 112 valence electrons. The SMILES string of the molecule is CN=C(NCC1CCCO1)NC(C)Cc1ccc(C)s1. The highest BCUT2D eigenvalue weighted by Crippen LogP contribution is 2.16. The van der Waals surface area contributed by atoms with E-state index in [2.05, 4.69) is 41.6 Å². The summed E-state index contributed by atoms with van der Waals surface area (Å²) in [6, 6.07) is 4.75. The smallest absolute Gasteiger partial charge is 0.191 e. The van der Waals surface area contributed by atoms with Gasteiger partial charge in [0.15, 0.2) is 5.96 Å². The predicted molar refractivity (Wildman–Crippen MR) is 85.7 cm³/mol. The highest BCUT2D eigenvalue weighted by atomic mass is 32.1. The zero-order valence-electron chi connectivity index (χ0n) is 12.6. The van der Waals surface area contributed by atoms with Crippen LogP contribution in [0.25, 0.3) is 0 Å². The number of ether oxygens (including phenoxy) is 1. The zero-order valence-corrected chi connectivity index (χ0v) is 13.4. The summed E-state index contributed by atoms with van der Waals surface area (Å²) >= 11 is 1.86. The average Bonchev–Trinajstić information content (AvgIpc) is 3.06. The summed E-state index contributed by atoms with van der Waals surface area (Å²) in [5.74, 6) is 0.862. The Bertz CT molecular complexity index is 438. The van der Waals surface area contributed by atoms with Crippen LogP contribution in [0.1, 0.15) is 29.5 Å². The lowest BCUT2D eigenvalue weighted by atomic mass is 10.2. The average molecular weight is 295 g/mol. The van der Waals surface area contributed by atoms with Gasteiger partial charge in [0.25, 0.3) is 0 Å². The maximum absolute atomic E-state index is 5.61. The molecule has 2 heterocycles. The first-order valence-electron chi connectivity index (χ1n) is 7.31. The Kier molecular flexibility index (Phi) is 5.86. The maximum atomic E-state index is 5.61. The van der Waals surface area contributed by atoms with Crippen LogP contribution in [0.15, 0.2) is 17.1 Å². The fourth-order valence-corrected chi connectivity index (χ4v) is 3.41. The van der Waals surface area contributed by atoms with Gasteiger partial charge in [-0.25, -0.2) is 0 Å². The third-order valence-electron chi connectivity index (χ3n) is 3.43. The van der Waals surface area contributed by atoms with Crippen LogP contribution in [0.4, 0.5) is 0 Å². The molecule has 2 N–H and O–H groups in total. The van der Waals surface area contributed by atoms with E-state index in [1.165, 1.54) is 16.2 Å². The molecule has 2 atom stereocenters. The molecule has 0 aromatic carbocycles. The molecule has 0 spiro atoms. The molecule has 1 fully saturated rings. The van der Waals surface area contributed by atoms with Crippen molar-refractivity contribution in [3.8, 4) is 0 Å². The second kappa shape index (κ2) is 7.64. The molecular formula is C15H25N3OS. The standard InChI is InChI=1S/C15H25N3OS/c1-11(9-14-7-6-12(2)20-14)18-15(16-3)17-10-13-5-4-8-19-13/h6-7,11,13H,4-5,8-10H2,1-3H3,(H2,16,17,18). The molecule has 1 aliphatic rings. The van der Waals surface area contributed by atoms with Gasteiger partial charge in [-0.15, -0.1) is 11.3 Å². The molecular weight excluding hydrogens is 270 g/mol. The Morgan fingerprint density at radius 2 is 2.40 bits per heavy atom. The predicted octanol–water partition coefficient (Wildman–Crippen LogP) is 2.33. The molecule has 2 unspecified atom stereocenters. The lowest BCUT2D eigenvalue weighted by Crippen LogP contribution is -2.45. The fraction of sp³-hybridized carbons (Fsp3) is 0.667. The van der Waals surface area contributed by atoms with Gasteiger partial charge in [-0.1, -0.05) is 0 Å². The van der Waals surface area contributed by atoms with E-state index in [1.54, 1.807) is 0 Å².